The normalized spacial score (nSPS) is 26.7. The van der Waals surface area contributed by atoms with Crippen LogP contribution in [0.25, 0.3) is 22.2 Å². The highest BCUT2D eigenvalue weighted by molar-refractivity contribution is 7.90. The quantitative estimate of drug-likeness (QED) is 0.381. The number of morpholine rings is 2. The number of hydrogen-bond acceptors (Lipinski definition) is 7. The van der Waals surface area contributed by atoms with Crippen molar-refractivity contribution < 1.29 is 45.4 Å². The lowest BCUT2D eigenvalue weighted by atomic mass is 9.81. The number of alkyl halides is 3. The highest BCUT2D eigenvalue weighted by Crippen LogP contribution is 2.66. The third-order valence-electron chi connectivity index (χ3n) is 11.1. The zero-order chi connectivity index (χ0) is 34.3. The summed E-state index contributed by atoms with van der Waals surface area (Å²) >= 11 is 0. The van der Waals surface area contributed by atoms with E-state index in [-0.39, 0.29) is 35.4 Å². The van der Waals surface area contributed by atoms with E-state index >= 15 is 0 Å². The van der Waals surface area contributed by atoms with E-state index in [0.29, 0.717) is 50.7 Å². The number of methoxy groups -OCH3 is 1. The Morgan fingerprint density at radius 3 is 2.35 bits per heavy atom. The van der Waals surface area contributed by atoms with Crippen molar-refractivity contribution in [3.63, 3.8) is 0 Å². The zero-order valence-electron chi connectivity index (χ0n) is 27.1. The Bertz CT molecular complexity index is 1930. The van der Waals surface area contributed by atoms with E-state index in [0.717, 1.165) is 59.9 Å². The average Bonchev–Trinajstić information content (AvgIpc) is 3.72. The molecule has 3 aromatic rings. The van der Waals surface area contributed by atoms with Gasteiger partial charge in [0.05, 0.1) is 56.7 Å². The Hall–Kier alpha value is -3.62. The standard InChI is InChI=1S/C35H38F3N3O7S/c1-46-24-8-10-25-27(12-24)28-13-34(28,33(43)41-22-14-47-16-23(41)17-48-15-22)18-40-29-11-21(32(42)39-49(44,45)19-35(36,37)38)7-9-26(29)30(31(25)40)20-5-3-2-4-6-20/h7-12,20,22-23,28H,2-6,13-19H2,1H3,(H,39,42). The topological polar surface area (TPSA) is 116 Å². The van der Waals surface area contributed by atoms with Gasteiger partial charge in [0.15, 0.2) is 5.75 Å². The van der Waals surface area contributed by atoms with Crippen LogP contribution in [0.4, 0.5) is 13.2 Å². The number of benzene rings is 2. The number of nitrogens with one attached hydrogen (secondary N) is 1. The molecule has 8 rings (SSSR count). The summed E-state index contributed by atoms with van der Waals surface area (Å²) in [7, 11) is -3.36. The molecule has 4 heterocycles. The van der Waals surface area contributed by atoms with Crippen molar-refractivity contribution in [3.8, 4) is 17.0 Å². The largest absolute Gasteiger partial charge is 0.497 e. The van der Waals surface area contributed by atoms with Gasteiger partial charge in [-0.25, -0.2) is 13.1 Å². The van der Waals surface area contributed by atoms with E-state index in [2.05, 4.69) is 4.57 Å². The monoisotopic (exact) mass is 701 g/mol. The Morgan fingerprint density at radius 1 is 1.00 bits per heavy atom. The number of carbonyl (C=O) groups is 2. The van der Waals surface area contributed by atoms with Crippen molar-refractivity contribution in [2.45, 2.75) is 75.2 Å². The lowest BCUT2D eigenvalue weighted by Gasteiger charge is -2.47. The fourth-order valence-corrected chi connectivity index (χ4v) is 9.76. The van der Waals surface area contributed by atoms with Gasteiger partial charge in [0.1, 0.15) is 5.75 Å². The van der Waals surface area contributed by atoms with Crippen molar-refractivity contribution in [1.82, 2.24) is 14.2 Å². The highest BCUT2D eigenvalue weighted by Gasteiger charge is 2.65. The highest BCUT2D eigenvalue weighted by atomic mass is 32.2. The Kier molecular flexibility index (Phi) is 7.80. The molecule has 2 atom stereocenters. The maximum atomic E-state index is 14.9. The van der Waals surface area contributed by atoms with Gasteiger partial charge in [-0.05, 0) is 66.6 Å². The van der Waals surface area contributed by atoms with Crippen LogP contribution in [-0.2, 0) is 30.8 Å². The predicted octanol–water partition coefficient (Wildman–Crippen LogP) is 5.10. The zero-order valence-corrected chi connectivity index (χ0v) is 27.9. The molecule has 0 radical (unpaired) electrons. The summed E-state index contributed by atoms with van der Waals surface area (Å²) in [5.74, 6) is -2.47. The number of amides is 2. The van der Waals surface area contributed by atoms with Crippen LogP contribution in [0.3, 0.4) is 0 Å². The molecule has 2 saturated heterocycles. The summed E-state index contributed by atoms with van der Waals surface area (Å²) in [5, 5.41) is 0.886. The van der Waals surface area contributed by atoms with Crippen LogP contribution in [0.2, 0.25) is 0 Å². The minimum Gasteiger partial charge on any atom is -0.497 e. The first kappa shape index (κ1) is 32.6. The van der Waals surface area contributed by atoms with Gasteiger partial charge in [-0.1, -0.05) is 25.3 Å². The molecule has 4 fully saturated rings. The fourth-order valence-electron chi connectivity index (χ4n) is 8.86. The minimum atomic E-state index is -5.01. The molecule has 262 valence electrons. The Balaban J connectivity index is 1.30. The average molecular weight is 702 g/mol. The van der Waals surface area contributed by atoms with Crippen LogP contribution in [0.15, 0.2) is 36.4 Å². The van der Waals surface area contributed by atoms with Gasteiger partial charge < -0.3 is 23.7 Å². The number of ether oxygens (including phenoxy) is 3. The minimum absolute atomic E-state index is 0.0360. The summed E-state index contributed by atoms with van der Waals surface area (Å²) in [5.41, 5.74) is 3.85. The number of rotatable bonds is 6. The number of hydrogen-bond donors (Lipinski definition) is 1. The van der Waals surface area contributed by atoms with Crippen LogP contribution >= 0.6 is 0 Å². The molecular weight excluding hydrogens is 663 g/mol. The molecular formula is C35H38F3N3O7S. The molecule has 2 bridgehead atoms. The maximum absolute atomic E-state index is 14.9. The van der Waals surface area contributed by atoms with Gasteiger partial charge >= 0.3 is 6.18 Å². The van der Waals surface area contributed by atoms with Crippen molar-refractivity contribution in [3.05, 3.63) is 53.1 Å². The molecule has 2 saturated carbocycles. The Labute approximate surface area is 281 Å². The summed E-state index contributed by atoms with van der Waals surface area (Å²) in [4.78, 5) is 30.1. The maximum Gasteiger partial charge on any atom is 0.404 e. The molecule has 1 N–H and O–H groups in total. The molecule has 2 aliphatic carbocycles. The second-order valence-electron chi connectivity index (χ2n) is 14.2. The molecule has 2 unspecified atom stereocenters. The van der Waals surface area contributed by atoms with Crippen LogP contribution in [0.5, 0.6) is 5.75 Å². The summed E-state index contributed by atoms with van der Waals surface area (Å²) in [6.07, 6.45) is 0.818. The van der Waals surface area contributed by atoms with Crippen LogP contribution in [0.1, 0.15) is 71.8 Å². The lowest BCUT2D eigenvalue weighted by Crippen LogP contribution is -2.63. The predicted molar refractivity (Wildman–Crippen MR) is 173 cm³/mol. The van der Waals surface area contributed by atoms with Crippen LogP contribution in [-0.4, -0.2) is 87.2 Å². The summed E-state index contributed by atoms with van der Waals surface area (Å²) in [6, 6.07) is 10.4. The second-order valence-corrected chi connectivity index (χ2v) is 15.9. The number of fused-ring (bicyclic) bond motifs is 9. The number of sulfonamides is 1. The van der Waals surface area contributed by atoms with Gasteiger partial charge in [-0.2, -0.15) is 13.2 Å². The first-order chi connectivity index (χ1) is 23.4. The van der Waals surface area contributed by atoms with E-state index in [4.69, 9.17) is 14.2 Å². The first-order valence-corrected chi connectivity index (χ1v) is 18.5. The molecule has 10 nitrogen and oxygen atoms in total. The lowest BCUT2D eigenvalue weighted by molar-refractivity contribution is -0.173. The van der Waals surface area contributed by atoms with E-state index in [1.54, 1.807) is 24.0 Å². The molecule has 3 aliphatic heterocycles. The summed E-state index contributed by atoms with van der Waals surface area (Å²) in [6.45, 7) is 1.90. The summed E-state index contributed by atoms with van der Waals surface area (Å²) < 4.78 is 84.3. The van der Waals surface area contributed by atoms with Gasteiger partial charge in [0.25, 0.3) is 5.91 Å². The van der Waals surface area contributed by atoms with Crippen LogP contribution < -0.4 is 9.46 Å². The smallest absolute Gasteiger partial charge is 0.404 e. The first-order valence-electron chi connectivity index (χ1n) is 16.8. The number of nitrogens with zero attached hydrogens (tertiary/aromatic N) is 2. The SMILES string of the molecule is COc1ccc2c(c1)C1CC1(C(=O)N1C3COCC1COC3)Cn1c-2c(C2CCCCC2)c2ccc(C(=O)NS(=O)(=O)CC(F)(F)F)cc21. The van der Waals surface area contributed by atoms with Gasteiger partial charge in [-0.3, -0.25) is 9.59 Å². The van der Waals surface area contributed by atoms with E-state index in [1.807, 2.05) is 23.1 Å². The molecule has 49 heavy (non-hydrogen) atoms. The second kappa shape index (κ2) is 11.7. The third kappa shape index (κ3) is 5.59. The molecule has 2 amide bonds. The van der Waals surface area contributed by atoms with Crippen molar-refractivity contribution in [1.29, 1.82) is 0 Å². The molecule has 2 aromatic carbocycles. The number of carbonyl (C=O) groups excluding carboxylic acids is 2. The number of halogens is 3. The fraction of sp³-hybridized carbons (Fsp3) is 0.543. The van der Waals surface area contributed by atoms with Gasteiger partial charge in [-0.15, -0.1) is 0 Å². The van der Waals surface area contributed by atoms with E-state index in [9.17, 15) is 31.2 Å². The number of aromatic nitrogens is 1. The van der Waals surface area contributed by atoms with E-state index < -0.39 is 33.3 Å². The molecule has 1 aromatic heterocycles. The molecule has 5 aliphatic rings. The third-order valence-corrected chi connectivity index (χ3v) is 12.3. The van der Waals surface area contributed by atoms with Crippen LogP contribution in [0, 0.1) is 5.41 Å². The van der Waals surface area contributed by atoms with Gasteiger partial charge in [0, 0.05) is 34.5 Å². The molecule has 14 heteroatoms. The van der Waals surface area contributed by atoms with Crippen molar-refractivity contribution in [2.24, 2.45) is 5.41 Å². The van der Waals surface area contributed by atoms with Crippen molar-refractivity contribution >= 4 is 32.7 Å². The van der Waals surface area contributed by atoms with E-state index in [1.165, 1.54) is 6.07 Å². The Morgan fingerprint density at radius 2 is 1.69 bits per heavy atom. The van der Waals surface area contributed by atoms with Gasteiger partial charge in [0.2, 0.25) is 15.9 Å². The van der Waals surface area contributed by atoms with Crippen molar-refractivity contribution in [2.75, 3.05) is 39.3 Å². The molecule has 0 spiro atoms.